The number of rotatable bonds is 4. The third kappa shape index (κ3) is 3.70. The van der Waals surface area contributed by atoms with Crippen LogP contribution in [0, 0.1) is 0 Å². The number of hydrogen-bond acceptors (Lipinski definition) is 6. The largest absolute Gasteiger partial charge is 0.508 e. The molecule has 9 heteroatoms. The van der Waals surface area contributed by atoms with E-state index in [-0.39, 0.29) is 28.5 Å². The topological polar surface area (TPSA) is 116 Å². The van der Waals surface area contributed by atoms with E-state index in [4.69, 9.17) is 4.74 Å². The Bertz CT molecular complexity index is 1000. The molecule has 0 radical (unpaired) electrons. The molecule has 0 atom stereocenters. The summed E-state index contributed by atoms with van der Waals surface area (Å²) in [7, 11) is 0. The molecule has 2 aromatic rings. The van der Waals surface area contributed by atoms with Crippen molar-refractivity contribution in [3.8, 4) is 17.2 Å². The van der Waals surface area contributed by atoms with Crippen molar-refractivity contribution >= 4 is 45.5 Å². The highest BCUT2D eigenvalue weighted by Gasteiger charge is 2.36. The van der Waals surface area contributed by atoms with Gasteiger partial charge in [-0.15, -0.1) is 0 Å². The number of phenolic OH excluding ortho intramolecular Hbond substituents is 2. The summed E-state index contributed by atoms with van der Waals surface area (Å²) in [6, 6.07) is 7.49. The van der Waals surface area contributed by atoms with Crippen molar-refractivity contribution in [1.82, 2.24) is 5.32 Å². The van der Waals surface area contributed by atoms with Gasteiger partial charge in [0.1, 0.15) is 11.3 Å². The lowest BCUT2D eigenvalue weighted by Gasteiger charge is -2.26. The molecule has 0 unspecified atom stereocenters. The number of aromatic hydroxyl groups is 2. The Labute approximate surface area is 168 Å². The van der Waals surface area contributed by atoms with Gasteiger partial charge in [-0.2, -0.15) is 0 Å². The Morgan fingerprint density at radius 3 is 2.46 bits per heavy atom. The first-order valence-electron chi connectivity index (χ1n) is 8.17. The second-order valence-corrected chi connectivity index (χ2v) is 6.61. The summed E-state index contributed by atoms with van der Waals surface area (Å²) in [5, 5.41) is 21.5. The van der Waals surface area contributed by atoms with Crippen LogP contribution in [0.5, 0.6) is 17.2 Å². The van der Waals surface area contributed by atoms with Crippen LogP contribution in [-0.2, 0) is 9.59 Å². The van der Waals surface area contributed by atoms with E-state index >= 15 is 0 Å². The van der Waals surface area contributed by atoms with E-state index in [1.54, 1.807) is 6.92 Å². The van der Waals surface area contributed by atoms with E-state index in [0.717, 1.165) is 4.90 Å². The molecule has 144 valence electrons. The number of hydrogen-bond donors (Lipinski definition) is 3. The number of barbiturate groups is 1. The smallest absolute Gasteiger partial charge is 0.335 e. The number of halogens is 1. The second kappa shape index (κ2) is 7.73. The number of anilines is 1. The van der Waals surface area contributed by atoms with Crippen LogP contribution in [-0.4, -0.2) is 34.7 Å². The quantitative estimate of drug-likeness (QED) is 0.491. The zero-order valence-corrected chi connectivity index (χ0v) is 16.2. The van der Waals surface area contributed by atoms with Gasteiger partial charge < -0.3 is 14.9 Å². The van der Waals surface area contributed by atoms with Gasteiger partial charge in [0.25, 0.3) is 11.8 Å². The molecule has 1 fully saturated rings. The van der Waals surface area contributed by atoms with Crippen molar-refractivity contribution in [3.63, 3.8) is 0 Å². The summed E-state index contributed by atoms with van der Waals surface area (Å²) >= 11 is 3.19. The van der Waals surface area contributed by atoms with E-state index in [2.05, 4.69) is 21.2 Å². The maximum atomic E-state index is 12.8. The minimum Gasteiger partial charge on any atom is -0.508 e. The summed E-state index contributed by atoms with van der Waals surface area (Å²) < 4.78 is 5.66. The van der Waals surface area contributed by atoms with E-state index in [0.29, 0.717) is 16.6 Å². The molecule has 0 spiro atoms. The lowest BCUT2D eigenvalue weighted by molar-refractivity contribution is -0.122. The SMILES string of the molecule is CCOc1cc(/C=C2\C(=O)NC(=O)N(c3ccc(O)cc3)C2=O)cc(Br)c1O. The maximum absolute atomic E-state index is 12.8. The molecule has 3 rings (SSSR count). The Morgan fingerprint density at radius 2 is 1.82 bits per heavy atom. The number of nitrogens with zero attached hydrogens (tertiary/aromatic N) is 1. The van der Waals surface area contributed by atoms with Crippen molar-refractivity contribution in [2.24, 2.45) is 0 Å². The highest BCUT2D eigenvalue weighted by atomic mass is 79.9. The zero-order chi connectivity index (χ0) is 20.4. The summed E-state index contributed by atoms with van der Waals surface area (Å²) in [6.07, 6.45) is 1.30. The minimum atomic E-state index is -0.889. The molecule has 4 amide bonds. The predicted octanol–water partition coefficient (Wildman–Crippen LogP) is 2.93. The molecule has 0 bridgehead atoms. The van der Waals surface area contributed by atoms with E-state index in [1.807, 2.05) is 0 Å². The van der Waals surface area contributed by atoms with Gasteiger partial charge in [-0.25, -0.2) is 9.69 Å². The van der Waals surface area contributed by atoms with Crippen LogP contribution in [0.15, 0.2) is 46.4 Å². The third-order valence-electron chi connectivity index (χ3n) is 3.87. The van der Waals surface area contributed by atoms with E-state index < -0.39 is 17.8 Å². The number of phenols is 2. The molecular formula is C19H15BrN2O6. The maximum Gasteiger partial charge on any atom is 0.335 e. The lowest BCUT2D eigenvalue weighted by Crippen LogP contribution is -2.54. The van der Waals surface area contributed by atoms with Gasteiger partial charge in [0.05, 0.1) is 16.8 Å². The Kier molecular flexibility index (Phi) is 5.36. The number of nitrogens with one attached hydrogen (secondary N) is 1. The molecule has 0 saturated carbocycles. The summed E-state index contributed by atoms with van der Waals surface area (Å²) in [4.78, 5) is 38.0. The van der Waals surface area contributed by atoms with E-state index in [9.17, 15) is 24.6 Å². The Hall–Kier alpha value is -3.33. The van der Waals surface area contributed by atoms with Crippen LogP contribution in [0.2, 0.25) is 0 Å². The van der Waals surface area contributed by atoms with Crippen molar-refractivity contribution in [2.45, 2.75) is 6.92 Å². The first-order chi connectivity index (χ1) is 13.3. The third-order valence-corrected chi connectivity index (χ3v) is 4.48. The van der Waals surface area contributed by atoms with Gasteiger partial charge >= 0.3 is 6.03 Å². The molecule has 2 aromatic carbocycles. The first kappa shape index (κ1) is 19.4. The van der Waals surface area contributed by atoms with Crippen molar-refractivity contribution in [3.05, 3.63) is 52.0 Å². The van der Waals surface area contributed by atoms with Gasteiger partial charge in [-0.3, -0.25) is 14.9 Å². The molecule has 1 aliphatic rings. The molecule has 0 aliphatic carbocycles. The van der Waals surface area contributed by atoms with Gasteiger partial charge in [0.2, 0.25) is 0 Å². The number of imide groups is 2. The number of urea groups is 1. The highest BCUT2D eigenvalue weighted by Crippen LogP contribution is 2.36. The van der Waals surface area contributed by atoms with E-state index in [1.165, 1.54) is 42.5 Å². The number of ether oxygens (including phenoxy) is 1. The number of carbonyl (C=O) groups is 3. The summed E-state index contributed by atoms with van der Waals surface area (Å²) in [5.41, 5.74) is 0.333. The fraction of sp³-hybridized carbons (Fsp3) is 0.105. The molecule has 28 heavy (non-hydrogen) atoms. The summed E-state index contributed by atoms with van der Waals surface area (Å²) in [6.45, 7) is 2.06. The highest BCUT2D eigenvalue weighted by molar-refractivity contribution is 9.10. The monoisotopic (exact) mass is 446 g/mol. The van der Waals surface area contributed by atoms with Crippen molar-refractivity contribution < 1.29 is 29.3 Å². The molecule has 3 N–H and O–H groups in total. The van der Waals surface area contributed by atoms with Crippen molar-refractivity contribution in [2.75, 3.05) is 11.5 Å². The fourth-order valence-electron chi connectivity index (χ4n) is 2.60. The van der Waals surface area contributed by atoms with Crippen LogP contribution < -0.4 is 15.0 Å². The average molecular weight is 447 g/mol. The summed E-state index contributed by atoms with van der Waals surface area (Å²) in [5.74, 6) is -1.62. The lowest BCUT2D eigenvalue weighted by atomic mass is 10.1. The van der Waals surface area contributed by atoms with Crippen LogP contribution >= 0.6 is 15.9 Å². The Balaban J connectivity index is 2.03. The molecule has 8 nitrogen and oxygen atoms in total. The number of benzene rings is 2. The predicted molar refractivity (Wildman–Crippen MR) is 104 cm³/mol. The average Bonchev–Trinajstić information content (AvgIpc) is 2.64. The van der Waals surface area contributed by atoms with Gasteiger partial charge in [-0.1, -0.05) is 0 Å². The van der Waals surface area contributed by atoms with Gasteiger partial charge in [0, 0.05) is 0 Å². The normalized spacial score (nSPS) is 15.7. The van der Waals surface area contributed by atoms with Crippen LogP contribution in [0.4, 0.5) is 10.5 Å². The minimum absolute atomic E-state index is 0.0298. The molecule has 0 aromatic heterocycles. The van der Waals surface area contributed by atoms with Gasteiger partial charge in [0.15, 0.2) is 11.5 Å². The number of carbonyl (C=O) groups excluding carboxylic acids is 3. The van der Waals surface area contributed by atoms with Gasteiger partial charge in [-0.05, 0) is 70.9 Å². The van der Waals surface area contributed by atoms with Crippen LogP contribution in [0.1, 0.15) is 12.5 Å². The molecule has 1 aliphatic heterocycles. The zero-order valence-electron chi connectivity index (χ0n) is 14.6. The van der Waals surface area contributed by atoms with Crippen molar-refractivity contribution in [1.29, 1.82) is 0 Å². The standard InChI is InChI=1S/C19H15BrN2O6/c1-2-28-15-9-10(8-14(20)16(15)24)7-13-17(25)21-19(27)22(18(13)26)11-3-5-12(23)6-4-11/h3-9,23-24H,2H2,1H3,(H,21,25,27)/b13-7+. The fourth-order valence-corrected chi connectivity index (χ4v) is 3.06. The number of amides is 4. The Morgan fingerprint density at radius 1 is 1.14 bits per heavy atom. The van der Waals surface area contributed by atoms with Crippen LogP contribution in [0.3, 0.4) is 0 Å². The molecule has 1 heterocycles. The molecule has 1 saturated heterocycles. The molecular weight excluding hydrogens is 432 g/mol. The second-order valence-electron chi connectivity index (χ2n) is 5.76. The first-order valence-corrected chi connectivity index (χ1v) is 8.97. The van der Waals surface area contributed by atoms with Crippen LogP contribution in [0.25, 0.3) is 6.08 Å².